The molecule has 0 bridgehead atoms. The number of hydrogen-bond donors (Lipinski definition) is 2. The zero-order valence-electron chi connectivity index (χ0n) is 17.3. The fraction of sp³-hybridized carbons (Fsp3) is 0.429. The zero-order chi connectivity index (χ0) is 22.1. The highest BCUT2D eigenvalue weighted by molar-refractivity contribution is 5.96. The molecule has 2 fully saturated rings. The molecule has 10 heteroatoms. The molecule has 4 unspecified atom stereocenters. The number of aromatic nitrogens is 1. The molecule has 2 aliphatic heterocycles. The highest BCUT2D eigenvalue weighted by atomic mass is 16.6. The number of ketones is 1. The number of Topliss-reactive ketones (excluding diaryl/α,β-unsaturated/α-hetero) is 1. The number of benzene rings is 1. The molecule has 2 N–H and O–H groups in total. The molecule has 4 atom stereocenters. The quantitative estimate of drug-likeness (QED) is 0.691. The lowest BCUT2D eigenvalue weighted by atomic mass is 10.1. The second kappa shape index (κ2) is 8.48. The Morgan fingerprint density at radius 3 is 2.42 bits per heavy atom. The summed E-state index contributed by atoms with van der Waals surface area (Å²) in [4.78, 5) is 36.2. The number of fused-ring (bicyclic) bond motifs is 1. The van der Waals surface area contributed by atoms with Crippen LogP contribution in [-0.2, 0) is 14.2 Å². The summed E-state index contributed by atoms with van der Waals surface area (Å²) in [5.74, 6) is 0.0647. The second-order valence-electron chi connectivity index (χ2n) is 7.58. The monoisotopic (exact) mass is 429 g/mol. The number of rotatable bonds is 5. The number of carbonyl (C=O) groups is 3. The first-order valence-corrected chi connectivity index (χ1v) is 9.89. The number of ether oxygens (including phenoxy) is 3. The molecular weight excluding hydrogens is 406 g/mol. The maximum absolute atomic E-state index is 12.6. The molecule has 2 aromatic rings. The van der Waals surface area contributed by atoms with Crippen LogP contribution < -0.4 is 10.6 Å². The normalized spacial score (nSPS) is 24.5. The summed E-state index contributed by atoms with van der Waals surface area (Å²) in [5, 5.41) is 9.30. The third-order valence-corrected chi connectivity index (χ3v) is 5.38. The van der Waals surface area contributed by atoms with Gasteiger partial charge in [-0.15, -0.1) is 0 Å². The molecule has 2 saturated heterocycles. The molecule has 1 aromatic heterocycles. The molecule has 3 heterocycles. The predicted octanol–water partition coefficient (Wildman–Crippen LogP) is 2.01. The average molecular weight is 429 g/mol. The number of nitrogens with zero attached hydrogens (tertiary/aromatic N) is 1. The van der Waals surface area contributed by atoms with Crippen molar-refractivity contribution in [2.24, 2.45) is 0 Å². The van der Waals surface area contributed by atoms with E-state index in [4.69, 9.17) is 18.7 Å². The first-order chi connectivity index (χ1) is 14.8. The molecular formula is C21H23N3O7. The molecule has 0 aliphatic carbocycles. The van der Waals surface area contributed by atoms with E-state index in [1.807, 2.05) is 0 Å². The van der Waals surface area contributed by atoms with E-state index >= 15 is 0 Å². The Hall–Kier alpha value is -3.24. The average Bonchev–Trinajstić information content (AvgIpc) is 3.39. The van der Waals surface area contributed by atoms with Crippen LogP contribution in [-0.4, -0.2) is 60.5 Å². The number of amides is 2. The van der Waals surface area contributed by atoms with Gasteiger partial charge in [-0.2, -0.15) is 0 Å². The van der Waals surface area contributed by atoms with Crippen LogP contribution in [0.5, 0.6) is 0 Å². The largest absolute Gasteiger partial charge is 0.441 e. The van der Waals surface area contributed by atoms with Crippen LogP contribution in [0.3, 0.4) is 0 Å². The van der Waals surface area contributed by atoms with Gasteiger partial charge >= 0.3 is 6.09 Å². The van der Waals surface area contributed by atoms with E-state index in [2.05, 4.69) is 15.8 Å². The third-order valence-electron chi connectivity index (χ3n) is 5.38. The summed E-state index contributed by atoms with van der Waals surface area (Å²) >= 11 is 0. The van der Waals surface area contributed by atoms with Crippen LogP contribution in [0.25, 0.3) is 0 Å². The van der Waals surface area contributed by atoms with Crippen molar-refractivity contribution < 1.29 is 33.1 Å². The Bertz CT molecular complexity index is 981. The fourth-order valence-corrected chi connectivity index (χ4v) is 3.81. The van der Waals surface area contributed by atoms with Gasteiger partial charge in [-0.05, 0) is 45.0 Å². The van der Waals surface area contributed by atoms with Gasteiger partial charge in [0.2, 0.25) is 0 Å². The Balaban J connectivity index is 1.32. The fourth-order valence-electron chi connectivity index (χ4n) is 3.81. The van der Waals surface area contributed by atoms with Gasteiger partial charge in [0.25, 0.3) is 5.91 Å². The maximum atomic E-state index is 12.6. The Labute approximate surface area is 178 Å². The molecule has 4 rings (SSSR count). The highest BCUT2D eigenvalue weighted by Gasteiger charge is 2.50. The van der Waals surface area contributed by atoms with E-state index in [-0.39, 0.29) is 30.9 Å². The topological polar surface area (TPSA) is 129 Å². The van der Waals surface area contributed by atoms with Crippen molar-refractivity contribution in [1.82, 2.24) is 10.5 Å². The lowest BCUT2D eigenvalue weighted by molar-refractivity contribution is 0.00861. The van der Waals surface area contributed by atoms with Crippen LogP contribution in [0, 0.1) is 13.8 Å². The van der Waals surface area contributed by atoms with E-state index < -0.39 is 24.4 Å². The van der Waals surface area contributed by atoms with Crippen molar-refractivity contribution in [2.75, 3.05) is 18.5 Å². The maximum Gasteiger partial charge on any atom is 0.412 e. The standard InChI is InChI=1S/C21H23N3O7/c1-10-17(12(3)31-24-10)20(26)23-15-8-28-19-16(9-29-18(15)19)30-21(27)22-14-6-4-13(5-7-14)11(2)25/h4-7,15-16,18-19H,8-9H2,1-3H3,(H,22,27)(H,23,26). The number of anilines is 1. The predicted molar refractivity (Wildman–Crippen MR) is 107 cm³/mol. The van der Waals surface area contributed by atoms with Crippen LogP contribution in [0.15, 0.2) is 28.8 Å². The summed E-state index contributed by atoms with van der Waals surface area (Å²) in [6.07, 6.45) is -2.18. The minimum Gasteiger partial charge on any atom is -0.441 e. The van der Waals surface area contributed by atoms with E-state index in [0.29, 0.717) is 28.3 Å². The summed E-state index contributed by atoms with van der Waals surface area (Å²) in [7, 11) is 0. The molecule has 2 amide bonds. The lowest BCUT2D eigenvalue weighted by Gasteiger charge is -2.18. The van der Waals surface area contributed by atoms with Gasteiger partial charge in [0.05, 0.1) is 24.9 Å². The van der Waals surface area contributed by atoms with E-state index in [1.165, 1.54) is 6.92 Å². The second-order valence-corrected chi connectivity index (χ2v) is 7.58. The minimum absolute atomic E-state index is 0.0577. The van der Waals surface area contributed by atoms with Gasteiger partial charge in [-0.3, -0.25) is 14.9 Å². The zero-order valence-corrected chi connectivity index (χ0v) is 17.3. The summed E-state index contributed by atoms with van der Waals surface area (Å²) in [5.41, 5.74) is 1.95. The molecule has 1 aromatic carbocycles. The molecule has 164 valence electrons. The number of nitrogens with one attached hydrogen (secondary N) is 2. The molecule has 0 radical (unpaired) electrons. The lowest BCUT2D eigenvalue weighted by Crippen LogP contribution is -2.44. The first-order valence-electron chi connectivity index (χ1n) is 9.89. The molecule has 2 aliphatic rings. The van der Waals surface area contributed by atoms with E-state index in [1.54, 1.807) is 38.1 Å². The third kappa shape index (κ3) is 4.30. The van der Waals surface area contributed by atoms with Crippen LogP contribution >= 0.6 is 0 Å². The number of aryl methyl sites for hydroxylation is 2. The van der Waals surface area contributed by atoms with Gasteiger partial charge in [-0.25, -0.2) is 4.79 Å². The highest BCUT2D eigenvalue weighted by Crippen LogP contribution is 2.29. The van der Waals surface area contributed by atoms with Crippen molar-refractivity contribution in [3.05, 3.63) is 46.8 Å². The van der Waals surface area contributed by atoms with Gasteiger partial charge in [-0.1, -0.05) is 5.16 Å². The van der Waals surface area contributed by atoms with E-state index in [9.17, 15) is 14.4 Å². The van der Waals surface area contributed by atoms with E-state index in [0.717, 1.165) is 0 Å². The minimum atomic E-state index is -0.656. The van der Waals surface area contributed by atoms with Crippen LogP contribution in [0.1, 0.15) is 39.1 Å². The number of hydrogen-bond acceptors (Lipinski definition) is 8. The van der Waals surface area contributed by atoms with Gasteiger partial charge in [0.15, 0.2) is 11.9 Å². The smallest absolute Gasteiger partial charge is 0.412 e. The molecule has 0 spiro atoms. The molecule has 10 nitrogen and oxygen atoms in total. The molecule has 31 heavy (non-hydrogen) atoms. The van der Waals surface area contributed by atoms with Crippen molar-refractivity contribution in [3.8, 4) is 0 Å². The number of carbonyl (C=O) groups excluding carboxylic acids is 3. The van der Waals surface area contributed by atoms with Crippen LogP contribution in [0.2, 0.25) is 0 Å². The SMILES string of the molecule is CC(=O)c1ccc(NC(=O)OC2COC3C(NC(=O)c4c(C)noc4C)COC23)cc1. The van der Waals surface area contributed by atoms with Crippen molar-refractivity contribution in [3.63, 3.8) is 0 Å². The Kier molecular flexibility index (Phi) is 5.75. The van der Waals surface area contributed by atoms with Crippen LogP contribution in [0.4, 0.5) is 10.5 Å². The van der Waals surface area contributed by atoms with Crippen molar-refractivity contribution in [1.29, 1.82) is 0 Å². The van der Waals surface area contributed by atoms with Gasteiger partial charge < -0.3 is 24.1 Å². The van der Waals surface area contributed by atoms with Crippen molar-refractivity contribution in [2.45, 2.75) is 45.1 Å². The summed E-state index contributed by atoms with van der Waals surface area (Å²) in [6.45, 7) is 5.23. The van der Waals surface area contributed by atoms with Crippen molar-refractivity contribution >= 4 is 23.5 Å². The van der Waals surface area contributed by atoms with Gasteiger partial charge in [0, 0.05) is 11.3 Å². The summed E-state index contributed by atoms with van der Waals surface area (Å²) in [6, 6.07) is 6.11. The Morgan fingerprint density at radius 1 is 1.06 bits per heavy atom. The summed E-state index contributed by atoms with van der Waals surface area (Å²) < 4.78 is 22.0. The first kappa shape index (κ1) is 21.0. The molecule has 0 saturated carbocycles. The van der Waals surface area contributed by atoms with Gasteiger partial charge in [0.1, 0.15) is 23.5 Å². The Morgan fingerprint density at radius 2 is 1.77 bits per heavy atom.